The lowest BCUT2D eigenvalue weighted by atomic mass is 10.1. The summed E-state index contributed by atoms with van der Waals surface area (Å²) in [5.74, 6) is 0.740. The van der Waals surface area contributed by atoms with E-state index in [1.165, 1.54) is 5.56 Å². The number of hydrogen-bond acceptors (Lipinski definition) is 3. The van der Waals surface area contributed by atoms with Crippen molar-refractivity contribution in [2.75, 3.05) is 25.5 Å². The molecular formula is C19H23ClN2O2. The largest absolute Gasteiger partial charge is 0.497 e. The molecule has 0 radical (unpaired) electrons. The maximum atomic E-state index is 12.1. The minimum Gasteiger partial charge on any atom is -0.497 e. The van der Waals surface area contributed by atoms with Gasteiger partial charge >= 0.3 is 0 Å². The Balaban J connectivity index is 1.79. The highest BCUT2D eigenvalue weighted by molar-refractivity contribution is 6.34. The first-order valence-corrected chi connectivity index (χ1v) is 8.27. The summed E-state index contributed by atoms with van der Waals surface area (Å²) in [5.41, 5.74) is 3.89. The molecule has 2 aromatic rings. The van der Waals surface area contributed by atoms with Gasteiger partial charge in [-0.2, -0.15) is 0 Å². The van der Waals surface area contributed by atoms with Crippen molar-refractivity contribution in [3.8, 4) is 5.75 Å². The summed E-state index contributed by atoms with van der Waals surface area (Å²) in [7, 11) is 1.65. The van der Waals surface area contributed by atoms with E-state index in [0.717, 1.165) is 23.3 Å². The van der Waals surface area contributed by atoms with Gasteiger partial charge in [-0.05, 0) is 61.7 Å². The first-order valence-electron chi connectivity index (χ1n) is 7.90. The minimum absolute atomic E-state index is 0.102. The molecule has 2 N–H and O–H groups in total. The van der Waals surface area contributed by atoms with Crippen LogP contribution in [0.2, 0.25) is 5.02 Å². The molecule has 0 heterocycles. The summed E-state index contributed by atoms with van der Waals surface area (Å²) in [6, 6.07) is 11.8. The third kappa shape index (κ3) is 5.25. The molecule has 128 valence electrons. The molecule has 5 heteroatoms. The second-order valence-corrected chi connectivity index (χ2v) is 6.17. The van der Waals surface area contributed by atoms with E-state index in [-0.39, 0.29) is 12.5 Å². The van der Waals surface area contributed by atoms with Gasteiger partial charge in [0.2, 0.25) is 5.91 Å². The van der Waals surface area contributed by atoms with E-state index in [1.54, 1.807) is 7.11 Å². The number of benzene rings is 2. The van der Waals surface area contributed by atoms with E-state index in [1.807, 2.05) is 50.2 Å². The number of aryl methyl sites for hydroxylation is 2. The van der Waals surface area contributed by atoms with Crippen molar-refractivity contribution in [3.05, 3.63) is 58.1 Å². The van der Waals surface area contributed by atoms with Gasteiger partial charge in [-0.25, -0.2) is 0 Å². The Morgan fingerprint density at radius 3 is 2.71 bits per heavy atom. The zero-order valence-electron chi connectivity index (χ0n) is 14.3. The van der Waals surface area contributed by atoms with Gasteiger partial charge in [0, 0.05) is 0 Å². The number of methoxy groups -OCH3 is 1. The fourth-order valence-corrected chi connectivity index (χ4v) is 2.89. The van der Waals surface area contributed by atoms with Gasteiger partial charge < -0.3 is 15.4 Å². The smallest absolute Gasteiger partial charge is 0.238 e. The number of amides is 1. The molecule has 0 bridgehead atoms. The van der Waals surface area contributed by atoms with Crippen LogP contribution >= 0.6 is 11.6 Å². The summed E-state index contributed by atoms with van der Waals surface area (Å²) >= 11 is 6.20. The van der Waals surface area contributed by atoms with Crippen molar-refractivity contribution in [2.45, 2.75) is 20.3 Å². The number of carbonyl (C=O) groups is 1. The van der Waals surface area contributed by atoms with Crippen LogP contribution in [0.25, 0.3) is 0 Å². The summed E-state index contributed by atoms with van der Waals surface area (Å²) in [5, 5.41) is 6.58. The number of halogens is 1. The number of ether oxygens (including phenoxy) is 1. The van der Waals surface area contributed by atoms with Crippen LogP contribution in [0, 0.1) is 13.8 Å². The Bertz CT molecular complexity index is 693. The molecule has 4 nitrogen and oxygen atoms in total. The van der Waals surface area contributed by atoms with E-state index in [9.17, 15) is 4.79 Å². The van der Waals surface area contributed by atoms with Gasteiger partial charge in [0.05, 0.1) is 24.4 Å². The molecule has 24 heavy (non-hydrogen) atoms. The third-order valence-electron chi connectivity index (χ3n) is 3.71. The molecule has 0 aliphatic heterocycles. The Hall–Kier alpha value is -2.04. The molecule has 2 aromatic carbocycles. The average molecular weight is 347 g/mol. The predicted molar refractivity (Wildman–Crippen MR) is 99.1 cm³/mol. The van der Waals surface area contributed by atoms with Crippen LogP contribution in [0.5, 0.6) is 5.75 Å². The predicted octanol–water partition coefficient (Wildman–Crippen LogP) is 3.74. The van der Waals surface area contributed by atoms with Crippen LogP contribution < -0.4 is 15.4 Å². The van der Waals surface area contributed by atoms with Gasteiger partial charge in [-0.1, -0.05) is 29.8 Å². The van der Waals surface area contributed by atoms with Crippen molar-refractivity contribution in [1.29, 1.82) is 0 Å². The molecule has 0 saturated carbocycles. The molecule has 0 aliphatic carbocycles. The molecular weight excluding hydrogens is 324 g/mol. The van der Waals surface area contributed by atoms with Gasteiger partial charge in [0.1, 0.15) is 5.75 Å². The first kappa shape index (κ1) is 18.3. The lowest BCUT2D eigenvalue weighted by Gasteiger charge is -2.12. The van der Waals surface area contributed by atoms with Gasteiger partial charge in [-0.15, -0.1) is 0 Å². The van der Waals surface area contributed by atoms with Crippen LogP contribution in [0.4, 0.5) is 5.69 Å². The number of rotatable bonds is 7. The zero-order chi connectivity index (χ0) is 17.5. The second kappa shape index (κ2) is 8.71. The van der Waals surface area contributed by atoms with Crippen LogP contribution in [-0.2, 0) is 11.2 Å². The molecule has 0 aromatic heterocycles. The topological polar surface area (TPSA) is 50.4 Å². The Kier molecular flexibility index (Phi) is 6.64. The quantitative estimate of drug-likeness (QED) is 0.751. The molecule has 0 spiro atoms. The van der Waals surface area contributed by atoms with Crippen molar-refractivity contribution < 1.29 is 9.53 Å². The van der Waals surface area contributed by atoms with Crippen molar-refractivity contribution in [2.24, 2.45) is 0 Å². The maximum Gasteiger partial charge on any atom is 0.238 e. The van der Waals surface area contributed by atoms with Gasteiger partial charge in [0.15, 0.2) is 0 Å². The molecule has 2 rings (SSSR count). The Labute approximate surface area is 148 Å². The van der Waals surface area contributed by atoms with Crippen LogP contribution in [0.3, 0.4) is 0 Å². The highest BCUT2D eigenvalue weighted by Crippen LogP contribution is 2.27. The number of carbonyl (C=O) groups excluding carboxylic acids is 1. The molecule has 1 amide bonds. The number of nitrogens with one attached hydrogen (secondary N) is 2. The Morgan fingerprint density at radius 1 is 1.21 bits per heavy atom. The highest BCUT2D eigenvalue weighted by Gasteiger charge is 2.09. The summed E-state index contributed by atoms with van der Waals surface area (Å²) < 4.78 is 5.20. The normalized spacial score (nSPS) is 10.5. The summed E-state index contributed by atoms with van der Waals surface area (Å²) in [6.07, 6.45) is 0.828. The lowest BCUT2D eigenvalue weighted by molar-refractivity contribution is -0.115. The molecule has 0 unspecified atom stereocenters. The summed E-state index contributed by atoms with van der Waals surface area (Å²) in [6.45, 7) is 4.87. The van der Waals surface area contributed by atoms with E-state index < -0.39 is 0 Å². The molecule has 0 atom stereocenters. The van der Waals surface area contributed by atoms with E-state index >= 15 is 0 Å². The average Bonchev–Trinajstić information content (AvgIpc) is 2.55. The minimum atomic E-state index is -0.102. The fourth-order valence-electron chi connectivity index (χ4n) is 2.52. The SMILES string of the molecule is COc1cccc(CCNCC(=O)Nc2c(C)cc(C)cc2Cl)c1. The summed E-state index contributed by atoms with van der Waals surface area (Å²) in [4.78, 5) is 12.1. The van der Waals surface area contributed by atoms with E-state index in [4.69, 9.17) is 16.3 Å². The van der Waals surface area contributed by atoms with Crippen molar-refractivity contribution >= 4 is 23.2 Å². The third-order valence-corrected chi connectivity index (χ3v) is 4.00. The van der Waals surface area contributed by atoms with E-state index in [2.05, 4.69) is 10.6 Å². The van der Waals surface area contributed by atoms with Crippen LogP contribution in [-0.4, -0.2) is 26.1 Å². The van der Waals surface area contributed by atoms with E-state index in [0.29, 0.717) is 17.3 Å². The van der Waals surface area contributed by atoms with Crippen LogP contribution in [0.15, 0.2) is 36.4 Å². The maximum absolute atomic E-state index is 12.1. The number of hydrogen-bond donors (Lipinski definition) is 2. The highest BCUT2D eigenvalue weighted by atomic mass is 35.5. The molecule has 0 aliphatic rings. The second-order valence-electron chi connectivity index (χ2n) is 5.77. The standard InChI is InChI=1S/C19H23ClN2O2/c1-13-9-14(2)19(17(20)10-13)22-18(23)12-21-8-7-15-5-4-6-16(11-15)24-3/h4-6,9-11,21H,7-8,12H2,1-3H3,(H,22,23). The molecule has 0 saturated heterocycles. The Morgan fingerprint density at radius 2 is 2.00 bits per heavy atom. The lowest BCUT2D eigenvalue weighted by Crippen LogP contribution is -2.29. The molecule has 0 fully saturated rings. The number of anilines is 1. The monoisotopic (exact) mass is 346 g/mol. The van der Waals surface area contributed by atoms with Crippen molar-refractivity contribution in [1.82, 2.24) is 5.32 Å². The zero-order valence-corrected chi connectivity index (χ0v) is 15.0. The van der Waals surface area contributed by atoms with Gasteiger partial charge in [0.25, 0.3) is 0 Å². The first-order chi connectivity index (χ1) is 11.5. The van der Waals surface area contributed by atoms with Gasteiger partial charge in [-0.3, -0.25) is 4.79 Å². The van der Waals surface area contributed by atoms with Crippen LogP contribution in [0.1, 0.15) is 16.7 Å². The van der Waals surface area contributed by atoms with Crippen molar-refractivity contribution in [3.63, 3.8) is 0 Å². The fraction of sp³-hybridized carbons (Fsp3) is 0.316.